The van der Waals surface area contributed by atoms with Crippen molar-refractivity contribution in [1.29, 1.82) is 0 Å². The van der Waals surface area contributed by atoms with Crippen molar-refractivity contribution in [2.45, 2.75) is 13.3 Å². The van der Waals surface area contributed by atoms with Crippen molar-refractivity contribution < 1.29 is 4.92 Å². The van der Waals surface area contributed by atoms with Crippen LogP contribution in [0.25, 0.3) is 0 Å². The molecule has 0 aliphatic heterocycles. The molecule has 0 spiro atoms. The van der Waals surface area contributed by atoms with Crippen molar-refractivity contribution in [2.24, 2.45) is 0 Å². The summed E-state index contributed by atoms with van der Waals surface area (Å²) < 4.78 is 0.692. The average Bonchev–Trinajstić information content (AvgIpc) is 2.77. The lowest BCUT2D eigenvalue weighted by Gasteiger charge is -2.07. The van der Waals surface area contributed by atoms with Crippen LogP contribution in [0.5, 0.6) is 0 Å². The van der Waals surface area contributed by atoms with Gasteiger partial charge in [-0.05, 0) is 28.9 Å². The van der Waals surface area contributed by atoms with Crippen molar-refractivity contribution in [3.05, 3.63) is 48.9 Å². The summed E-state index contributed by atoms with van der Waals surface area (Å²) in [4.78, 5) is 14.6. The van der Waals surface area contributed by atoms with Crippen LogP contribution in [0, 0.1) is 17.0 Å². The minimum Gasteiger partial charge on any atom is -0.384 e. The number of rotatable bonds is 5. The van der Waals surface area contributed by atoms with Gasteiger partial charge in [-0.25, -0.2) is 4.98 Å². The van der Waals surface area contributed by atoms with E-state index < -0.39 is 4.92 Å². The Hall–Kier alpha value is -1.47. The quantitative estimate of drug-likeness (QED) is 0.663. The Labute approximate surface area is 123 Å². The third kappa shape index (κ3) is 3.74. The summed E-state index contributed by atoms with van der Waals surface area (Å²) >= 11 is 4.97. The van der Waals surface area contributed by atoms with Crippen LogP contribution in [0.1, 0.15) is 10.7 Å². The maximum absolute atomic E-state index is 10.6. The topological polar surface area (TPSA) is 68.1 Å². The number of benzene rings is 1. The molecule has 0 radical (unpaired) electrons. The van der Waals surface area contributed by atoms with E-state index in [1.54, 1.807) is 17.4 Å². The van der Waals surface area contributed by atoms with Gasteiger partial charge in [0.25, 0.3) is 5.69 Å². The second-order valence-electron chi connectivity index (χ2n) is 3.98. The number of nitrogens with one attached hydrogen (secondary N) is 1. The molecule has 1 heterocycles. The Morgan fingerprint density at radius 2 is 2.32 bits per heavy atom. The number of hydrogen-bond donors (Lipinski definition) is 1. The standard InChI is InChI=1S/C12H12BrN3O2S/c1-8-7-19-12(15-8)4-5-14-11-3-2-9(16(17)18)6-10(11)13/h2-3,6-7,14H,4-5H2,1H3. The first-order chi connectivity index (χ1) is 9.06. The van der Waals surface area contributed by atoms with E-state index in [1.165, 1.54) is 12.1 Å². The second kappa shape index (κ2) is 6.12. The van der Waals surface area contributed by atoms with Gasteiger partial charge in [0, 0.05) is 46.3 Å². The molecule has 100 valence electrons. The van der Waals surface area contributed by atoms with Crippen molar-refractivity contribution in [2.75, 3.05) is 11.9 Å². The SMILES string of the molecule is Cc1csc(CCNc2ccc([N+](=O)[O-])cc2Br)n1. The molecule has 2 rings (SSSR count). The van der Waals surface area contributed by atoms with Crippen LogP contribution in [0.4, 0.5) is 11.4 Å². The van der Waals surface area contributed by atoms with Gasteiger partial charge >= 0.3 is 0 Å². The molecule has 0 bridgehead atoms. The van der Waals surface area contributed by atoms with Gasteiger partial charge in [-0.3, -0.25) is 10.1 Å². The Kier molecular flexibility index (Phi) is 4.49. The number of nitro groups is 1. The molecule has 0 amide bonds. The number of nitrogens with zero attached hydrogens (tertiary/aromatic N) is 2. The first-order valence-electron chi connectivity index (χ1n) is 5.65. The number of thiazole rings is 1. The first-order valence-corrected chi connectivity index (χ1v) is 7.32. The number of halogens is 1. The highest BCUT2D eigenvalue weighted by Gasteiger charge is 2.08. The normalized spacial score (nSPS) is 10.4. The molecule has 1 aromatic carbocycles. The number of aryl methyl sites for hydroxylation is 1. The van der Waals surface area contributed by atoms with Crippen LogP contribution < -0.4 is 5.32 Å². The molecule has 0 aliphatic rings. The Morgan fingerprint density at radius 1 is 1.53 bits per heavy atom. The number of non-ortho nitro benzene ring substituents is 1. The van der Waals surface area contributed by atoms with Gasteiger partial charge in [0.15, 0.2) is 0 Å². The van der Waals surface area contributed by atoms with Crippen LogP contribution in [-0.4, -0.2) is 16.5 Å². The van der Waals surface area contributed by atoms with Crippen molar-refractivity contribution in [1.82, 2.24) is 4.98 Å². The summed E-state index contributed by atoms with van der Waals surface area (Å²) in [5.41, 5.74) is 1.96. The zero-order chi connectivity index (χ0) is 13.8. The Balaban J connectivity index is 1.94. The average molecular weight is 342 g/mol. The fourth-order valence-electron chi connectivity index (χ4n) is 1.58. The van der Waals surface area contributed by atoms with Crippen molar-refractivity contribution >= 4 is 38.6 Å². The van der Waals surface area contributed by atoms with Crippen LogP contribution in [0.15, 0.2) is 28.1 Å². The van der Waals surface area contributed by atoms with E-state index in [0.717, 1.165) is 29.4 Å². The largest absolute Gasteiger partial charge is 0.384 e. The minimum atomic E-state index is -0.410. The van der Waals surface area contributed by atoms with E-state index >= 15 is 0 Å². The van der Waals surface area contributed by atoms with Crippen LogP contribution in [0.2, 0.25) is 0 Å². The fraction of sp³-hybridized carbons (Fsp3) is 0.250. The summed E-state index contributed by atoms with van der Waals surface area (Å²) in [7, 11) is 0. The molecular weight excluding hydrogens is 330 g/mol. The van der Waals surface area contributed by atoms with E-state index in [9.17, 15) is 10.1 Å². The summed E-state index contributed by atoms with van der Waals surface area (Å²) in [5.74, 6) is 0. The number of nitro benzene ring substituents is 1. The van der Waals surface area contributed by atoms with Crippen molar-refractivity contribution in [3.8, 4) is 0 Å². The molecule has 0 saturated heterocycles. The molecule has 2 aromatic rings. The molecule has 7 heteroatoms. The Morgan fingerprint density at radius 3 is 2.89 bits per heavy atom. The smallest absolute Gasteiger partial charge is 0.270 e. The van der Waals surface area contributed by atoms with Crippen LogP contribution >= 0.6 is 27.3 Å². The number of hydrogen-bond acceptors (Lipinski definition) is 5. The maximum atomic E-state index is 10.6. The van der Waals surface area contributed by atoms with Gasteiger partial charge in [-0.2, -0.15) is 0 Å². The van der Waals surface area contributed by atoms with Gasteiger partial charge in [0.05, 0.1) is 9.93 Å². The lowest BCUT2D eigenvalue weighted by Crippen LogP contribution is -2.05. The predicted octanol–water partition coefficient (Wildman–Crippen LogP) is 3.78. The van der Waals surface area contributed by atoms with E-state index in [-0.39, 0.29) is 5.69 Å². The lowest BCUT2D eigenvalue weighted by atomic mass is 10.3. The summed E-state index contributed by atoms with van der Waals surface area (Å²) in [6, 6.07) is 4.69. The zero-order valence-electron chi connectivity index (χ0n) is 10.2. The third-order valence-electron chi connectivity index (χ3n) is 2.48. The molecular formula is C12H12BrN3O2S. The molecule has 19 heavy (non-hydrogen) atoms. The molecule has 0 fully saturated rings. The zero-order valence-corrected chi connectivity index (χ0v) is 12.6. The Bertz CT molecular complexity index is 600. The highest BCUT2D eigenvalue weighted by atomic mass is 79.9. The summed E-state index contributed by atoms with van der Waals surface area (Å²) in [6.45, 7) is 2.71. The summed E-state index contributed by atoms with van der Waals surface area (Å²) in [5, 5.41) is 17.0. The molecule has 0 saturated carbocycles. The summed E-state index contributed by atoms with van der Waals surface area (Å²) in [6.07, 6.45) is 0.835. The maximum Gasteiger partial charge on any atom is 0.270 e. The van der Waals surface area contributed by atoms with E-state index in [4.69, 9.17) is 0 Å². The van der Waals surface area contributed by atoms with E-state index in [2.05, 4.69) is 26.2 Å². The monoisotopic (exact) mass is 341 g/mol. The molecule has 1 N–H and O–H groups in total. The minimum absolute atomic E-state index is 0.0768. The molecule has 0 unspecified atom stereocenters. The van der Waals surface area contributed by atoms with E-state index in [1.807, 2.05) is 12.3 Å². The van der Waals surface area contributed by atoms with Gasteiger partial charge in [-0.1, -0.05) is 0 Å². The van der Waals surface area contributed by atoms with Gasteiger partial charge in [-0.15, -0.1) is 11.3 Å². The highest BCUT2D eigenvalue weighted by molar-refractivity contribution is 9.10. The fourth-order valence-corrected chi connectivity index (χ4v) is 2.87. The van der Waals surface area contributed by atoms with Crippen LogP contribution in [0.3, 0.4) is 0 Å². The third-order valence-corrected chi connectivity index (χ3v) is 4.17. The van der Waals surface area contributed by atoms with E-state index in [0.29, 0.717) is 4.47 Å². The predicted molar refractivity (Wildman–Crippen MR) is 79.8 cm³/mol. The number of anilines is 1. The first kappa shape index (κ1) is 14.0. The van der Waals surface area contributed by atoms with Gasteiger partial charge in [0.2, 0.25) is 0 Å². The molecule has 1 aromatic heterocycles. The second-order valence-corrected chi connectivity index (χ2v) is 5.78. The highest BCUT2D eigenvalue weighted by Crippen LogP contribution is 2.27. The molecule has 0 aliphatic carbocycles. The number of aromatic nitrogens is 1. The lowest BCUT2D eigenvalue weighted by molar-refractivity contribution is -0.384. The van der Waals surface area contributed by atoms with Crippen LogP contribution in [-0.2, 0) is 6.42 Å². The molecule has 0 atom stereocenters. The van der Waals surface area contributed by atoms with Gasteiger partial charge in [0.1, 0.15) is 0 Å². The molecule has 5 nitrogen and oxygen atoms in total. The van der Waals surface area contributed by atoms with Gasteiger partial charge < -0.3 is 5.32 Å². The van der Waals surface area contributed by atoms with Crippen molar-refractivity contribution in [3.63, 3.8) is 0 Å².